The maximum absolute atomic E-state index is 13.1. The summed E-state index contributed by atoms with van der Waals surface area (Å²) in [6.45, 7) is 1.37. The summed E-state index contributed by atoms with van der Waals surface area (Å²) in [4.78, 5) is 10.4. The van der Waals surface area contributed by atoms with E-state index in [1.807, 2.05) is 10.8 Å². The molecule has 1 aliphatic heterocycles. The molecule has 0 unspecified atom stereocenters. The Kier molecular flexibility index (Phi) is 8.71. The average molecular weight is 584 g/mol. The first-order valence-electron chi connectivity index (χ1n) is 8.64. The molecule has 4 nitrogen and oxygen atoms in total. The molecule has 0 saturated heterocycles. The third-order valence-electron chi connectivity index (χ3n) is 4.12. The van der Waals surface area contributed by atoms with Crippen molar-refractivity contribution in [1.82, 2.24) is 0 Å². The van der Waals surface area contributed by atoms with Crippen LogP contribution in [-0.4, -0.2) is 68.0 Å². The summed E-state index contributed by atoms with van der Waals surface area (Å²) in [6, 6.07) is 0. The predicted molar refractivity (Wildman–Crippen MR) is 87.7 cm³/mol. The van der Waals surface area contributed by atoms with E-state index < -0.39 is 54.1 Å². The minimum Gasteiger partial charge on any atom is -0.485 e. The Bertz CT molecular complexity index is 889. The third kappa shape index (κ3) is 5.51. The smallest absolute Gasteiger partial charge is 0.460 e. The summed E-state index contributed by atoms with van der Waals surface area (Å²) in [5.74, 6) is -46.3. The van der Waals surface area contributed by atoms with Gasteiger partial charge in [-0.1, -0.05) is 0 Å². The molecule has 20 heteroatoms. The maximum atomic E-state index is 13.1. The predicted octanol–water partition coefficient (Wildman–Crippen LogP) is 6.44. The van der Waals surface area contributed by atoms with Gasteiger partial charge in [0.1, 0.15) is 13.2 Å². The van der Waals surface area contributed by atoms with Crippen LogP contribution in [-0.2, 0) is 9.53 Å². The van der Waals surface area contributed by atoms with Crippen LogP contribution < -0.4 is 9.47 Å². The number of fused-ring (bicyclic) bond motifs is 1. The summed E-state index contributed by atoms with van der Waals surface area (Å²) in [7, 11) is 0.0825. The molecule has 2 heterocycles. The molecule has 0 atom stereocenters. The van der Waals surface area contributed by atoms with Gasteiger partial charge >= 0.3 is 47.7 Å². The number of ether oxygens (including phenoxy) is 3. The highest BCUT2D eigenvalue weighted by molar-refractivity contribution is 7.08. The normalized spacial score (nSPS) is 15.7. The number of hydrogen-bond donors (Lipinski definition) is 0. The monoisotopic (exact) mass is 584 g/mol. The Labute approximate surface area is 193 Å². The fourth-order valence-corrected chi connectivity index (χ4v) is 2.88. The van der Waals surface area contributed by atoms with E-state index in [0.717, 1.165) is 11.5 Å². The summed E-state index contributed by atoms with van der Waals surface area (Å²) < 4.78 is 204. The van der Waals surface area contributed by atoms with Gasteiger partial charge in [-0.15, -0.1) is 11.3 Å². The number of carbonyl (C=O) groups is 1. The van der Waals surface area contributed by atoms with E-state index in [1.165, 1.54) is 0 Å². The van der Waals surface area contributed by atoms with E-state index in [2.05, 4.69) is 4.74 Å². The number of alkyl halides is 15. The minimum absolute atomic E-state index is 0.0825. The number of thiophene rings is 1. The molecule has 0 fully saturated rings. The average Bonchev–Trinajstić information content (AvgIpc) is 3.20. The van der Waals surface area contributed by atoms with Gasteiger partial charge in [0.2, 0.25) is 0 Å². The molecule has 0 N–H and O–H groups in total. The van der Waals surface area contributed by atoms with Gasteiger partial charge in [0.15, 0.2) is 11.5 Å². The quantitative estimate of drug-likeness (QED) is 0.274. The summed E-state index contributed by atoms with van der Waals surface area (Å²) >= 11 is 1.61. The molecule has 210 valence electrons. The SMILES string of the molecule is COC(=O)C(F)(F)CC(F)(F)C(F)(F)C(F)(F)C(F)(F)C(F)(F)C(F)(F)F.c1scc2c1OCCO2. The van der Waals surface area contributed by atoms with Crippen LogP contribution in [0.25, 0.3) is 0 Å². The van der Waals surface area contributed by atoms with Crippen LogP contribution in [0.5, 0.6) is 11.5 Å². The van der Waals surface area contributed by atoms with Crippen molar-refractivity contribution < 1.29 is 84.9 Å². The van der Waals surface area contributed by atoms with Gasteiger partial charge in [0.25, 0.3) is 0 Å². The lowest BCUT2D eigenvalue weighted by Gasteiger charge is -2.40. The molecule has 1 aromatic heterocycles. The van der Waals surface area contributed by atoms with Crippen molar-refractivity contribution in [3.05, 3.63) is 10.8 Å². The molecule has 0 bridgehead atoms. The number of methoxy groups -OCH3 is 1. The Morgan fingerprint density at radius 1 is 0.750 bits per heavy atom. The lowest BCUT2D eigenvalue weighted by atomic mass is 9.91. The Morgan fingerprint density at radius 3 is 1.50 bits per heavy atom. The van der Waals surface area contributed by atoms with Gasteiger partial charge in [0.05, 0.1) is 13.5 Å². The second-order valence-corrected chi connectivity index (χ2v) is 7.41. The van der Waals surface area contributed by atoms with Crippen LogP contribution >= 0.6 is 11.3 Å². The van der Waals surface area contributed by atoms with Crippen LogP contribution in [0.2, 0.25) is 0 Å². The third-order valence-corrected chi connectivity index (χ3v) is 4.82. The highest BCUT2D eigenvalue weighted by Crippen LogP contribution is 2.61. The lowest BCUT2D eigenvalue weighted by Crippen LogP contribution is -2.70. The van der Waals surface area contributed by atoms with Crippen molar-refractivity contribution in [3.63, 3.8) is 0 Å². The highest BCUT2D eigenvalue weighted by Gasteiger charge is 2.91. The highest BCUT2D eigenvalue weighted by atomic mass is 32.1. The van der Waals surface area contributed by atoms with Crippen LogP contribution in [0.4, 0.5) is 65.9 Å². The Balaban J connectivity index is 0.000000587. The number of carbonyl (C=O) groups excluding carboxylic acids is 1. The van der Waals surface area contributed by atoms with Gasteiger partial charge in [-0.05, 0) is 0 Å². The Morgan fingerprint density at radius 2 is 1.14 bits per heavy atom. The summed E-state index contributed by atoms with van der Waals surface area (Å²) in [5, 5.41) is 3.91. The summed E-state index contributed by atoms with van der Waals surface area (Å²) in [5.41, 5.74) is 0. The molecule has 0 saturated carbocycles. The van der Waals surface area contributed by atoms with Crippen molar-refractivity contribution >= 4 is 17.3 Å². The van der Waals surface area contributed by atoms with Gasteiger partial charge < -0.3 is 14.2 Å². The molecule has 1 aromatic rings. The molecule has 0 spiro atoms. The zero-order chi connectivity index (χ0) is 28.6. The molecule has 0 aliphatic carbocycles. The fraction of sp³-hybridized carbons (Fsp3) is 0.688. The fourth-order valence-electron chi connectivity index (χ4n) is 2.20. The van der Waals surface area contributed by atoms with E-state index in [1.54, 1.807) is 11.3 Å². The lowest BCUT2D eigenvalue weighted by molar-refractivity contribution is -0.441. The standard InChI is InChI=1S/C10H5F15O2.C6H6O2S/c1-27-3(26)4(11,12)2-5(13,14)6(15,16)7(17,18)8(19,20)9(21,22)10(23,24)25;1-2-8-6-4-9-3-5(6)7-1/h2H2,1H3;3-4H,1-2H2. The first-order chi connectivity index (χ1) is 15.9. The van der Waals surface area contributed by atoms with Crippen molar-refractivity contribution in [2.75, 3.05) is 20.3 Å². The number of rotatable bonds is 7. The zero-order valence-corrected chi connectivity index (χ0v) is 17.8. The molecule has 1 aliphatic rings. The molecule has 0 amide bonds. The van der Waals surface area contributed by atoms with Crippen molar-refractivity contribution in [2.24, 2.45) is 0 Å². The number of halogens is 15. The van der Waals surface area contributed by atoms with Crippen LogP contribution in [0.3, 0.4) is 0 Å². The van der Waals surface area contributed by atoms with Crippen molar-refractivity contribution in [1.29, 1.82) is 0 Å². The second kappa shape index (κ2) is 9.88. The van der Waals surface area contributed by atoms with Gasteiger partial charge in [-0.2, -0.15) is 65.9 Å². The second-order valence-electron chi connectivity index (χ2n) is 6.67. The van der Waals surface area contributed by atoms with Gasteiger partial charge in [-0.25, -0.2) is 4.79 Å². The number of hydrogen-bond acceptors (Lipinski definition) is 5. The first-order valence-corrected chi connectivity index (χ1v) is 9.59. The molecule has 36 heavy (non-hydrogen) atoms. The van der Waals surface area contributed by atoms with E-state index in [-0.39, 0.29) is 7.11 Å². The van der Waals surface area contributed by atoms with Gasteiger partial charge in [-0.3, -0.25) is 0 Å². The Hall–Kier alpha value is -2.28. The molecule has 0 radical (unpaired) electrons. The van der Waals surface area contributed by atoms with Crippen molar-refractivity contribution in [3.8, 4) is 11.5 Å². The minimum atomic E-state index is -8.20. The maximum Gasteiger partial charge on any atom is 0.460 e. The van der Waals surface area contributed by atoms with E-state index in [4.69, 9.17) is 9.47 Å². The molecular weight excluding hydrogens is 573 g/mol. The molecule has 2 rings (SSSR count). The van der Waals surface area contributed by atoms with E-state index in [0.29, 0.717) is 13.2 Å². The zero-order valence-electron chi connectivity index (χ0n) is 17.0. The summed E-state index contributed by atoms with van der Waals surface area (Å²) in [6.07, 6.45) is -11.6. The van der Waals surface area contributed by atoms with Crippen LogP contribution in [0.15, 0.2) is 10.8 Å². The van der Waals surface area contributed by atoms with E-state index in [9.17, 15) is 70.7 Å². The van der Waals surface area contributed by atoms with Crippen LogP contribution in [0, 0.1) is 0 Å². The first kappa shape index (κ1) is 31.7. The van der Waals surface area contributed by atoms with E-state index >= 15 is 0 Å². The van der Waals surface area contributed by atoms with Crippen molar-refractivity contribution in [2.45, 2.75) is 48.1 Å². The van der Waals surface area contributed by atoms with Crippen LogP contribution in [0.1, 0.15) is 6.42 Å². The number of esters is 1. The topological polar surface area (TPSA) is 44.8 Å². The van der Waals surface area contributed by atoms with Gasteiger partial charge in [0, 0.05) is 10.8 Å². The molecule has 0 aromatic carbocycles. The molecular formula is C16H11F15O4S. The largest absolute Gasteiger partial charge is 0.485 e.